The van der Waals surface area contributed by atoms with E-state index in [0.29, 0.717) is 5.75 Å². The number of para-hydroxylation sites is 1. The number of hydrogen-bond acceptors (Lipinski definition) is 1. The maximum absolute atomic E-state index is 10.2. The van der Waals surface area contributed by atoms with E-state index < -0.39 is 0 Å². The number of aromatic hydroxyl groups is 1. The van der Waals surface area contributed by atoms with Crippen molar-refractivity contribution in [3.05, 3.63) is 40.9 Å². The lowest BCUT2D eigenvalue weighted by Crippen LogP contribution is -1.92. The number of benzene rings is 2. The number of phenols is 1. The Hall–Kier alpha value is -1.48. The third-order valence-electron chi connectivity index (χ3n) is 3.18. The molecule has 0 fully saturated rings. The molecule has 0 spiro atoms. The van der Waals surface area contributed by atoms with Gasteiger partial charge in [-0.3, -0.25) is 0 Å². The Bertz CT molecular complexity index is 715. The molecule has 2 aromatic carbocycles. The van der Waals surface area contributed by atoms with Gasteiger partial charge in [-0.25, -0.2) is 0 Å². The van der Waals surface area contributed by atoms with Crippen molar-refractivity contribution in [2.75, 3.05) is 0 Å². The van der Waals surface area contributed by atoms with Crippen LogP contribution in [0.2, 0.25) is 0 Å². The molecular weight excluding hydrogens is 278 g/mol. The zero-order valence-electron chi connectivity index (χ0n) is 9.44. The first kappa shape index (κ1) is 10.7. The number of halogens is 1. The third kappa shape index (κ3) is 1.39. The first-order chi connectivity index (χ1) is 8.24. The van der Waals surface area contributed by atoms with E-state index in [-0.39, 0.29) is 0 Å². The van der Waals surface area contributed by atoms with Crippen LogP contribution in [0.3, 0.4) is 0 Å². The Kier molecular flexibility index (Phi) is 2.37. The number of nitrogens with zero attached hydrogens (tertiary/aromatic N) is 1. The van der Waals surface area contributed by atoms with Gasteiger partial charge < -0.3 is 9.67 Å². The number of hydrogen-bond donors (Lipinski definition) is 1. The number of phenolic OH excluding ortho intramolecular Hbond substituents is 1. The Morgan fingerprint density at radius 2 is 1.88 bits per heavy atom. The van der Waals surface area contributed by atoms with Crippen LogP contribution in [0.15, 0.2) is 40.9 Å². The molecule has 0 aliphatic rings. The summed E-state index contributed by atoms with van der Waals surface area (Å²) in [5.41, 5.74) is 2.24. The van der Waals surface area contributed by atoms with Gasteiger partial charge in [0.2, 0.25) is 0 Å². The molecule has 17 heavy (non-hydrogen) atoms. The summed E-state index contributed by atoms with van der Waals surface area (Å²) in [6.07, 6.45) is 0. The fraction of sp³-hybridized carbons (Fsp3) is 0.143. The van der Waals surface area contributed by atoms with Crippen molar-refractivity contribution in [2.45, 2.75) is 13.5 Å². The first-order valence-corrected chi connectivity index (χ1v) is 6.41. The summed E-state index contributed by atoms with van der Waals surface area (Å²) in [7, 11) is 0. The van der Waals surface area contributed by atoms with Crippen LogP contribution in [0.4, 0.5) is 0 Å². The maximum atomic E-state index is 10.2. The molecule has 2 nitrogen and oxygen atoms in total. The molecule has 3 heteroatoms. The zero-order valence-corrected chi connectivity index (χ0v) is 11.0. The van der Waals surface area contributed by atoms with Crippen LogP contribution in [0, 0.1) is 0 Å². The highest BCUT2D eigenvalue weighted by Gasteiger charge is 2.13. The number of fused-ring (bicyclic) bond motifs is 3. The van der Waals surface area contributed by atoms with Crippen molar-refractivity contribution in [3.63, 3.8) is 0 Å². The van der Waals surface area contributed by atoms with Crippen molar-refractivity contribution in [3.8, 4) is 5.75 Å². The monoisotopic (exact) mass is 289 g/mol. The lowest BCUT2D eigenvalue weighted by molar-refractivity contribution is 0.478. The van der Waals surface area contributed by atoms with Crippen LogP contribution in [0.5, 0.6) is 5.75 Å². The smallest absolute Gasteiger partial charge is 0.139 e. The molecule has 0 bridgehead atoms. The molecule has 86 valence electrons. The van der Waals surface area contributed by atoms with Crippen molar-refractivity contribution in [1.29, 1.82) is 0 Å². The second kappa shape index (κ2) is 3.77. The van der Waals surface area contributed by atoms with Crippen molar-refractivity contribution < 1.29 is 5.11 Å². The third-order valence-corrected chi connectivity index (χ3v) is 3.82. The second-order valence-electron chi connectivity index (χ2n) is 4.05. The molecule has 0 atom stereocenters. The lowest BCUT2D eigenvalue weighted by atomic mass is 10.1. The Morgan fingerprint density at radius 1 is 1.12 bits per heavy atom. The molecule has 0 saturated heterocycles. The molecule has 0 radical (unpaired) electrons. The highest BCUT2D eigenvalue weighted by molar-refractivity contribution is 9.10. The van der Waals surface area contributed by atoms with Gasteiger partial charge >= 0.3 is 0 Å². The van der Waals surface area contributed by atoms with Crippen molar-refractivity contribution in [1.82, 2.24) is 4.57 Å². The normalized spacial score (nSPS) is 11.4. The largest absolute Gasteiger partial charge is 0.506 e. The van der Waals surface area contributed by atoms with Crippen LogP contribution in [0.25, 0.3) is 21.8 Å². The SMILES string of the molecule is CCn1c2ccccc2c2c(O)c(Br)ccc21. The predicted molar refractivity (Wildman–Crippen MR) is 74.5 cm³/mol. The van der Waals surface area contributed by atoms with Crippen LogP contribution < -0.4 is 0 Å². The van der Waals surface area contributed by atoms with Gasteiger partial charge in [0.25, 0.3) is 0 Å². The highest BCUT2D eigenvalue weighted by Crippen LogP contribution is 2.39. The number of rotatable bonds is 1. The molecule has 1 heterocycles. The van der Waals surface area contributed by atoms with Gasteiger partial charge in [-0.05, 0) is 41.1 Å². The molecule has 0 aliphatic heterocycles. The van der Waals surface area contributed by atoms with Crippen LogP contribution in [0.1, 0.15) is 6.92 Å². The molecule has 0 saturated carbocycles. The van der Waals surface area contributed by atoms with E-state index >= 15 is 0 Å². The van der Waals surface area contributed by atoms with Crippen LogP contribution in [-0.2, 0) is 6.54 Å². The Balaban J connectivity index is 2.64. The minimum Gasteiger partial charge on any atom is -0.506 e. The molecule has 0 amide bonds. The molecule has 3 aromatic rings. The van der Waals surface area contributed by atoms with Gasteiger partial charge in [0.15, 0.2) is 0 Å². The van der Waals surface area contributed by atoms with Gasteiger partial charge in [0, 0.05) is 17.4 Å². The minimum atomic E-state index is 0.325. The summed E-state index contributed by atoms with van der Waals surface area (Å²) in [5.74, 6) is 0.325. The fourth-order valence-corrected chi connectivity index (χ4v) is 2.77. The van der Waals surface area contributed by atoms with E-state index in [4.69, 9.17) is 0 Å². The fourth-order valence-electron chi connectivity index (χ4n) is 2.44. The van der Waals surface area contributed by atoms with E-state index in [1.54, 1.807) is 0 Å². The van der Waals surface area contributed by atoms with E-state index in [2.05, 4.69) is 39.6 Å². The van der Waals surface area contributed by atoms with E-state index in [9.17, 15) is 5.11 Å². The predicted octanol–water partition coefficient (Wildman–Crippen LogP) is 4.28. The number of aryl methyl sites for hydroxylation is 1. The maximum Gasteiger partial charge on any atom is 0.139 e. The number of aromatic nitrogens is 1. The van der Waals surface area contributed by atoms with Gasteiger partial charge in [-0.1, -0.05) is 18.2 Å². The minimum absolute atomic E-state index is 0.325. The summed E-state index contributed by atoms with van der Waals surface area (Å²) < 4.78 is 2.96. The molecular formula is C14H12BrNO. The average molecular weight is 290 g/mol. The van der Waals surface area contributed by atoms with Crippen molar-refractivity contribution >= 4 is 37.7 Å². The molecule has 3 rings (SSSR count). The summed E-state index contributed by atoms with van der Waals surface area (Å²) in [4.78, 5) is 0. The quantitative estimate of drug-likeness (QED) is 0.711. The standard InChI is InChI=1S/C14H12BrNO/c1-2-16-11-6-4-3-5-9(11)13-12(16)8-7-10(15)14(13)17/h3-8,17H,2H2,1H3. The van der Waals surface area contributed by atoms with E-state index in [0.717, 1.165) is 27.3 Å². The molecule has 1 N–H and O–H groups in total. The molecule has 0 aliphatic carbocycles. The lowest BCUT2D eigenvalue weighted by Gasteiger charge is -2.03. The zero-order chi connectivity index (χ0) is 12.0. The van der Waals surface area contributed by atoms with Crippen LogP contribution >= 0.6 is 15.9 Å². The summed E-state index contributed by atoms with van der Waals surface area (Å²) in [6, 6.07) is 12.1. The van der Waals surface area contributed by atoms with Gasteiger partial charge in [0.1, 0.15) is 5.75 Å². The Morgan fingerprint density at radius 3 is 2.65 bits per heavy atom. The second-order valence-corrected chi connectivity index (χ2v) is 4.91. The summed E-state index contributed by atoms with van der Waals surface area (Å²) >= 11 is 3.37. The van der Waals surface area contributed by atoms with Gasteiger partial charge in [0.05, 0.1) is 15.4 Å². The summed E-state index contributed by atoms with van der Waals surface area (Å²) in [6.45, 7) is 3.01. The van der Waals surface area contributed by atoms with Crippen molar-refractivity contribution in [2.24, 2.45) is 0 Å². The van der Waals surface area contributed by atoms with Crippen LogP contribution in [-0.4, -0.2) is 9.67 Å². The van der Waals surface area contributed by atoms with Gasteiger partial charge in [-0.2, -0.15) is 0 Å². The van der Waals surface area contributed by atoms with E-state index in [1.165, 1.54) is 5.52 Å². The summed E-state index contributed by atoms with van der Waals surface area (Å²) in [5, 5.41) is 12.2. The first-order valence-electron chi connectivity index (χ1n) is 5.62. The topological polar surface area (TPSA) is 25.2 Å². The van der Waals surface area contributed by atoms with Gasteiger partial charge in [-0.15, -0.1) is 0 Å². The molecule has 1 aromatic heterocycles. The highest BCUT2D eigenvalue weighted by atomic mass is 79.9. The van der Waals surface area contributed by atoms with E-state index in [1.807, 2.05) is 24.3 Å². The molecule has 0 unspecified atom stereocenters. The Labute approximate surface area is 108 Å². The average Bonchev–Trinajstić information content (AvgIpc) is 2.68.